The van der Waals surface area contributed by atoms with Gasteiger partial charge < -0.3 is 4.90 Å². The summed E-state index contributed by atoms with van der Waals surface area (Å²) in [6, 6.07) is 46.2. The van der Waals surface area contributed by atoms with Gasteiger partial charge in [-0.25, -0.2) is 4.68 Å². The Kier molecular flexibility index (Phi) is 5.13. The quantitative estimate of drug-likeness (QED) is 0.249. The van der Waals surface area contributed by atoms with E-state index in [2.05, 4.69) is 126 Å². The van der Waals surface area contributed by atoms with Gasteiger partial charge in [0.1, 0.15) is 0 Å². The van der Waals surface area contributed by atoms with E-state index in [-0.39, 0.29) is 0 Å². The summed E-state index contributed by atoms with van der Waals surface area (Å²) < 4.78 is 2.03. The molecule has 0 N–H and O–H groups in total. The summed E-state index contributed by atoms with van der Waals surface area (Å²) in [6.07, 6.45) is 1.93. The highest BCUT2D eigenvalue weighted by Crippen LogP contribution is 2.34. The average Bonchev–Trinajstić information content (AvgIpc) is 3.23. The van der Waals surface area contributed by atoms with E-state index in [0.29, 0.717) is 0 Å². The van der Waals surface area contributed by atoms with Gasteiger partial charge in [-0.2, -0.15) is 5.10 Å². The molecule has 3 nitrogen and oxygen atoms in total. The lowest BCUT2D eigenvalue weighted by Crippen LogP contribution is -2.09. The fourth-order valence-corrected chi connectivity index (χ4v) is 4.46. The SMILES string of the molecule is C(=N\n1c2ccccc2c2ccccc21)/c1ccc(N(c2ccccc2)c2ccccc2)cc1. The molecule has 0 aliphatic carbocycles. The van der Waals surface area contributed by atoms with Crippen LogP contribution in [-0.2, 0) is 0 Å². The van der Waals surface area contributed by atoms with Crippen molar-refractivity contribution in [1.29, 1.82) is 0 Å². The molecule has 0 amide bonds. The summed E-state index contributed by atoms with van der Waals surface area (Å²) in [4.78, 5) is 2.26. The maximum absolute atomic E-state index is 4.86. The van der Waals surface area contributed by atoms with Crippen LogP contribution in [0.25, 0.3) is 21.8 Å². The summed E-state index contributed by atoms with van der Waals surface area (Å²) >= 11 is 0. The molecule has 0 unspecified atom stereocenters. The molecule has 1 heterocycles. The number of hydrogen-bond donors (Lipinski definition) is 0. The molecule has 0 saturated heterocycles. The molecule has 0 spiro atoms. The number of hydrogen-bond acceptors (Lipinski definition) is 2. The normalized spacial score (nSPS) is 11.4. The van der Waals surface area contributed by atoms with Gasteiger partial charge >= 0.3 is 0 Å². The highest BCUT2D eigenvalue weighted by Gasteiger charge is 2.12. The number of benzene rings is 5. The lowest BCUT2D eigenvalue weighted by atomic mass is 10.1. The van der Waals surface area contributed by atoms with Crippen molar-refractivity contribution in [2.75, 3.05) is 4.90 Å². The van der Waals surface area contributed by atoms with Gasteiger partial charge in [0.25, 0.3) is 0 Å². The molecule has 0 radical (unpaired) electrons. The Labute approximate surface area is 198 Å². The van der Waals surface area contributed by atoms with Gasteiger partial charge in [0.15, 0.2) is 0 Å². The van der Waals surface area contributed by atoms with Gasteiger partial charge in [-0.3, -0.25) is 0 Å². The lowest BCUT2D eigenvalue weighted by molar-refractivity contribution is 0.975. The van der Waals surface area contributed by atoms with Gasteiger partial charge in [0.05, 0.1) is 17.2 Å². The van der Waals surface area contributed by atoms with Crippen molar-refractivity contribution in [1.82, 2.24) is 4.68 Å². The van der Waals surface area contributed by atoms with Crippen LogP contribution in [0.5, 0.6) is 0 Å². The second kappa shape index (κ2) is 8.72. The predicted molar refractivity (Wildman–Crippen MR) is 144 cm³/mol. The molecule has 6 rings (SSSR count). The van der Waals surface area contributed by atoms with E-state index in [0.717, 1.165) is 33.7 Å². The first kappa shape index (κ1) is 20.0. The molecule has 0 aliphatic rings. The number of rotatable bonds is 5. The third kappa shape index (κ3) is 3.63. The highest BCUT2D eigenvalue weighted by molar-refractivity contribution is 6.08. The van der Waals surface area contributed by atoms with Gasteiger partial charge in [0.2, 0.25) is 0 Å². The second-order valence-electron chi connectivity index (χ2n) is 8.19. The topological polar surface area (TPSA) is 20.5 Å². The number of para-hydroxylation sites is 4. The van der Waals surface area contributed by atoms with Crippen molar-refractivity contribution in [3.63, 3.8) is 0 Å². The van der Waals surface area contributed by atoms with Crippen molar-refractivity contribution >= 4 is 45.1 Å². The van der Waals surface area contributed by atoms with Gasteiger partial charge in [-0.05, 0) is 54.1 Å². The maximum atomic E-state index is 4.86. The molecule has 34 heavy (non-hydrogen) atoms. The summed E-state index contributed by atoms with van der Waals surface area (Å²) in [5, 5.41) is 7.29. The molecule has 3 heteroatoms. The monoisotopic (exact) mass is 437 g/mol. The zero-order valence-corrected chi connectivity index (χ0v) is 18.6. The van der Waals surface area contributed by atoms with Crippen LogP contribution in [-0.4, -0.2) is 10.9 Å². The van der Waals surface area contributed by atoms with Gasteiger partial charge in [0, 0.05) is 27.8 Å². The van der Waals surface area contributed by atoms with Crippen molar-refractivity contribution in [3.8, 4) is 0 Å². The minimum atomic E-state index is 1.05. The molecular formula is C31H23N3. The Bertz CT molecular complexity index is 1490. The van der Waals surface area contributed by atoms with Crippen molar-refractivity contribution < 1.29 is 0 Å². The van der Waals surface area contributed by atoms with Crippen LogP contribution in [0.4, 0.5) is 17.1 Å². The molecular weight excluding hydrogens is 414 g/mol. The molecule has 6 aromatic rings. The Hall–Kier alpha value is -4.63. The molecule has 0 saturated carbocycles. The van der Waals surface area contributed by atoms with Crippen molar-refractivity contribution in [2.45, 2.75) is 0 Å². The first-order valence-corrected chi connectivity index (χ1v) is 11.4. The Balaban J connectivity index is 1.37. The standard InChI is InChI=1S/C31H23N3/c1-3-11-25(12-4-1)33(26-13-5-2-6-14-26)27-21-19-24(20-22-27)23-32-34-30-17-9-7-15-28(30)29-16-8-10-18-31(29)34/h1-23H/b32-23+. The lowest BCUT2D eigenvalue weighted by Gasteiger charge is -2.25. The van der Waals surface area contributed by atoms with Crippen LogP contribution in [0.1, 0.15) is 5.56 Å². The third-order valence-corrected chi connectivity index (χ3v) is 6.06. The van der Waals surface area contributed by atoms with Crippen LogP contribution in [0.3, 0.4) is 0 Å². The molecule has 0 atom stereocenters. The maximum Gasteiger partial charge on any atom is 0.0732 e. The van der Waals surface area contributed by atoms with E-state index in [9.17, 15) is 0 Å². The Morgan fingerprint density at radius 3 is 1.44 bits per heavy atom. The predicted octanol–water partition coefficient (Wildman–Crippen LogP) is 8.15. The Morgan fingerprint density at radius 1 is 0.471 bits per heavy atom. The summed E-state index contributed by atoms with van der Waals surface area (Å²) in [6.45, 7) is 0. The van der Waals surface area contributed by atoms with E-state index in [4.69, 9.17) is 5.10 Å². The average molecular weight is 438 g/mol. The van der Waals surface area contributed by atoms with Crippen LogP contribution in [0.15, 0.2) is 139 Å². The largest absolute Gasteiger partial charge is 0.311 e. The van der Waals surface area contributed by atoms with E-state index < -0.39 is 0 Å². The van der Waals surface area contributed by atoms with Gasteiger partial charge in [-0.1, -0.05) is 84.9 Å². The van der Waals surface area contributed by atoms with E-state index in [1.54, 1.807) is 0 Å². The van der Waals surface area contributed by atoms with E-state index >= 15 is 0 Å². The molecule has 0 aliphatic heterocycles. The zero-order valence-electron chi connectivity index (χ0n) is 18.6. The minimum Gasteiger partial charge on any atom is -0.311 e. The first-order valence-electron chi connectivity index (χ1n) is 11.4. The number of fused-ring (bicyclic) bond motifs is 3. The number of aromatic nitrogens is 1. The summed E-state index contributed by atoms with van der Waals surface area (Å²) in [5.41, 5.74) is 6.62. The van der Waals surface area contributed by atoms with Crippen molar-refractivity contribution in [2.24, 2.45) is 5.10 Å². The minimum absolute atomic E-state index is 1.05. The van der Waals surface area contributed by atoms with E-state index in [1.165, 1.54) is 10.8 Å². The zero-order chi connectivity index (χ0) is 22.7. The molecule has 0 fully saturated rings. The van der Waals surface area contributed by atoms with Crippen LogP contribution < -0.4 is 4.90 Å². The number of nitrogens with zero attached hydrogens (tertiary/aromatic N) is 3. The second-order valence-corrected chi connectivity index (χ2v) is 8.19. The van der Waals surface area contributed by atoms with Gasteiger partial charge in [-0.15, -0.1) is 0 Å². The first-order chi connectivity index (χ1) is 16.9. The molecule has 5 aromatic carbocycles. The summed E-state index contributed by atoms with van der Waals surface area (Å²) in [5.74, 6) is 0. The van der Waals surface area contributed by atoms with Crippen LogP contribution in [0.2, 0.25) is 0 Å². The van der Waals surface area contributed by atoms with Crippen LogP contribution >= 0.6 is 0 Å². The summed E-state index contributed by atoms with van der Waals surface area (Å²) in [7, 11) is 0. The van der Waals surface area contributed by atoms with Crippen molar-refractivity contribution in [3.05, 3.63) is 139 Å². The van der Waals surface area contributed by atoms with Crippen LogP contribution in [0, 0.1) is 0 Å². The fraction of sp³-hybridized carbons (Fsp3) is 0. The Morgan fingerprint density at radius 2 is 0.912 bits per heavy atom. The molecule has 0 bridgehead atoms. The third-order valence-electron chi connectivity index (χ3n) is 6.06. The van der Waals surface area contributed by atoms with E-state index in [1.807, 2.05) is 23.0 Å². The number of anilines is 3. The molecule has 162 valence electrons. The molecule has 1 aromatic heterocycles. The smallest absolute Gasteiger partial charge is 0.0732 e. The fourth-order valence-electron chi connectivity index (χ4n) is 4.46. The highest BCUT2D eigenvalue weighted by atomic mass is 15.3.